The first-order chi connectivity index (χ1) is 13.6. The molecule has 0 aliphatic heterocycles. The van der Waals surface area contributed by atoms with Crippen molar-refractivity contribution in [1.29, 1.82) is 0 Å². The Labute approximate surface area is 166 Å². The van der Waals surface area contributed by atoms with Crippen molar-refractivity contribution in [3.8, 4) is 11.5 Å². The van der Waals surface area contributed by atoms with Crippen molar-refractivity contribution < 1.29 is 14.3 Å². The highest BCUT2D eigenvalue weighted by molar-refractivity contribution is 5.95. The summed E-state index contributed by atoms with van der Waals surface area (Å²) in [6.07, 6.45) is 0.286. The average molecular weight is 375 g/mol. The van der Waals surface area contributed by atoms with E-state index in [1.807, 2.05) is 84.6 Å². The molecule has 1 amide bonds. The van der Waals surface area contributed by atoms with E-state index >= 15 is 0 Å². The Bertz CT molecular complexity index is 923. The van der Waals surface area contributed by atoms with Crippen molar-refractivity contribution in [2.75, 3.05) is 19.1 Å². The van der Waals surface area contributed by atoms with Crippen LogP contribution in [0.4, 0.5) is 5.69 Å². The van der Waals surface area contributed by atoms with Crippen LogP contribution in [0.2, 0.25) is 0 Å². The highest BCUT2D eigenvalue weighted by Gasteiger charge is 2.19. The van der Waals surface area contributed by atoms with E-state index < -0.39 is 0 Å². The van der Waals surface area contributed by atoms with Crippen molar-refractivity contribution in [3.05, 3.63) is 89.5 Å². The molecule has 28 heavy (non-hydrogen) atoms. The number of amides is 1. The Morgan fingerprint density at radius 1 is 0.857 bits per heavy atom. The summed E-state index contributed by atoms with van der Waals surface area (Å²) < 4.78 is 10.8. The number of benzene rings is 3. The molecule has 0 unspecified atom stereocenters. The second-order valence-electron chi connectivity index (χ2n) is 6.61. The summed E-state index contributed by atoms with van der Waals surface area (Å²) in [6.45, 7) is 2.50. The Hall–Kier alpha value is -3.27. The highest BCUT2D eigenvalue weighted by atomic mass is 16.5. The third kappa shape index (κ3) is 4.52. The fraction of sp³-hybridized carbons (Fsp3) is 0.208. The molecule has 0 heterocycles. The molecule has 3 aromatic rings. The number of methoxy groups -OCH3 is 2. The molecule has 0 radical (unpaired) electrons. The zero-order chi connectivity index (χ0) is 19.9. The van der Waals surface area contributed by atoms with E-state index in [4.69, 9.17) is 9.47 Å². The first-order valence-corrected chi connectivity index (χ1v) is 9.23. The van der Waals surface area contributed by atoms with Gasteiger partial charge in [0, 0.05) is 5.69 Å². The van der Waals surface area contributed by atoms with Crippen LogP contribution < -0.4 is 14.4 Å². The van der Waals surface area contributed by atoms with Crippen LogP contribution in [0.3, 0.4) is 0 Å². The summed E-state index contributed by atoms with van der Waals surface area (Å²) in [6, 6.07) is 23.6. The summed E-state index contributed by atoms with van der Waals surface area (Å²) in [5, 5.41) is 0. The predicted molar refractivity (Wildman–Crippen MR) is 112 cm³/mol. The van der Waals surface area contributed by atoms with Crippen LogP contribution in [0.1, 0.15) is 16.7 Å². The SMILES string of the molecule is COc1cc(C)c(CC(=O)N(Cc2ccccc2)c2ccccc2)cc1OC. The quantitative estimate of drug-likeness (QED) is 0.596. The lowest BCUT2D eigenvalue weighted by atomic mass is 10.0. The second-order valence-corrected chi connectivity index (χ2v) is 6.61. The maximum atomic E-state index is 13.3. The van der Waals surface area contributed by atoms with Gasteiger partial charge in [-0.05, 0) is 47.9 Å². The van der Waals surface area contributed by atoms with E-state index in [1.54, 1.807) is 14.2 Å². The molecule has 0 saturated carbocycles. The van der Waals surface area contributed by atoms with Gasteiger partial charge in [-0.15, -0.1) is 0 Å². The van der Waals surface area contributed by atoms with Gasteiger partial charge in [-0.2, -0.15) is 0 Å². The van der Waals surface area contributed by atoms with Gasteiger partial charge in [0.25, 0.3) is 0 Å². The average Bonchev–Trinajstić information content (AvgIpc) is 2.74. The van der Waals surface area contributed by atoms with E-state index in [0.717, 1.165) is 22.4 Å². The lowest BCUT2D eigenvalue weighted by Gasteiger charge is -2.24. The van der Waals surface area contributed by atoms with E-state index in [-0.39, 0.29) is 12.3 Å². The van der Waals surface area contributed by atoms with Gasteiger partial charge in [0.2, 0.25) is 5.91 Å². The minimum atomic E-state index is 0.0328. The number of para-hydroxylation sites is 1. The molecule has 3 aromatic carbocycles. The molecule has 0 aliphatic rings. The molecule has 0 atom stereocenters. The first kappa shape index (κ1) is 19.5. The normalized spacial score (nSPS) is 10.4. The summed E-state index contributed by atoms with van der Waals surface area (Å²) in [4.78, 5) is 15.1. The van der Waals surface area contributed by atoms with Crippen LogP contribution >= 0.6 is 0 Å². The van der Waals surface area contributed by atoms with Gasteiger partial charge in [0.1, 0.15) is 0 Å². The zero-order valence-corrected chi connectivity index (χ0v) is 16.5. The predicted octanol–water partition coefficient (Wildman–Crippen LogP) is 4.79. The third-order valence-corrected chi connectivity index (χ3v) is 4.74. The Morgan fingerprint density at radius 3 is 2.04 bits per heavy atom. The molecular weight excluding hydrogens is 350 g/mol. The molecule has 3 rings (SSSR count). The number of rotatable bonds is 7. The van der Waals surface area contributed by atoms with Gasteiger partial charge in [0.05, 0.1) is 27.2 Å². The number of hydrogen-bond acceptors (Lipinski definition) is 3. The number of nitrogens with zero attached hydrogens (tertiary/aromatic N) is 1. The molecule has 0 aromatic heterocycles. The minimum Gasteiger partial charge on any atom is -0.493 e. The Morgan fingerprint density at radius 2 is 1.43 bits per heavy atom. The maximum Gasteiger partial charge on any atom is 0.231 e. The standard InChI is InChI=1S/C24H25NO3/c1-18-14-22(27-2)23(28-3)15-20(18)16-24(26)25(21-12-8-5-9-13-21)17-19-10-6-4-7-11-19/h4-15H,16-17H2,1-3H3. The molecule has 144 valence electrons. The van der Waals surface area contributed by atoms with Crippen molar-refractivity contribution >= 4 is 11.6 Å². The molecule has 4 heteroatoms. The lowest BCUT2D eigenvalue weighted by Crippen LogP contribution is -2.32. The van der Waals surface area contributed by atoms with Crippen LogP contribution in [-0.4, -0.2) is 20.1 Å². The number of carbonyl (C=O) groups is 1. The highest BCUT2D eigenvalue weighted by Crippen LogP contribution is 2.31. The van der Waals surface area contributed by atoms with E-state index in [9.17, 15) is 4.79 Å². The summed E-state index contributed by atoms with van der Waals surface area (Å²) in [7, 11) is 3.21. The van der Waals surface area contributed by atoms with Gasteiger partial charge < -0.3 is 14.4 Å². The fourth-order valence-electron chi connectivity index (χ4n) is 3.17. The van der Waals surface area contributed by atoms with Gasteiger partial charge >= 0.3 is 0 Å². The van der Waals surface area contributed by atoms with Crippen molar-refractivity contribution in [2.24, 2.45) is 0 Å². The number of anilines is 1. The molecule has 0 aliphatic carbocycles. The van der Waals surface area contributed by atoms with Gasteiger partial charge in [-0.25, -0.2) is 0 Å². The van der Waals surface area contributed by atoms with E-state index in [2.05, 4.69) is 0 Å². The van der Waals surface area contributed by atoms with Crippen molar-refractivity contribution in [2.45, 2.75) is 19.9 Å². The first-order valence-electron chi connectivity index (χ1n) is 9.23. The van der Waals surface area contributed by atoms with Crippen LogP contribution in [-0.2, 0) is 17.8 Å². The third-order valence-electron chi connectivity index (χ3n) is 4.74. The molecular formula is C24H25NO3. The number of hydrogen-bond donors (Lipinski definition) is 0. The number of aryl methyl sites for hydroxylation is 1. The van der Waals surface area contributed by atoms with Crippen LogP contribution in [0.15, 0.2) is 72.8 Å². The number of carbonyl (C=O) groups excluding carboxylic acids is 1. The minimum absolute atomic E-state index is 0.0328. The topological polar surface area (TPSA) is 38.8 Å². The molecule has 0 fully saturated rings. The smallest absolute Gasteiger partial charge is 0.231 e. The van der Waals surface area contributed by atoms with Crippen LogP contribution in [0.25, 0.3) is 0 Å². The van der Waals surface area contributed by atoms with Crippen LogP contribution in [0, 0.1) is 6.92 Å². The van der Waals surface area contributed by atoms with Crippen molar-refractivity contribution in [1.82, 2.24) is 0 Å². The fourth-order valence-corrected chi connectivity index (χ4v) is 3.17. The Kier molecular flexibility index (Phi) is 6.33. The van der Waals surface area contributed by atoms with E-state index in [1.165, 1.54) is 0 Å². The second kappa shape index (κ2) is 9.09. The van der Waals surface area contributed by atoms with Gasteiger partial charge in [-0.1, -0.05) is 48.5 Å². The zero-order valence-electron chi connectivity index (χ0n) is 16.5. The van der Waals surface area contributed by atoms with Gasteiger partial charge in [0.15, 0.2) is 11.5 Å². The lowest BCUT2D eigenvalue weighted by molar-refractivity contribution is -0.118. The maximum absolute atomic E-state index is 13.3. The summed E-state index contributed by atoms with van der Waals surface area (Å²) in [5.41, 5.74) is 3.90. The number of ether oxygens (including phenoxy) is 2. The summed E-state index contributed by atoms with van der Waals surface area (Å²) >= 11 is 0. The Balaban J connectivity index is 1.90. The molecule has 0 bridgehead atoms. The van der Waals surface area contributed by atoms with Gasteiger partial charge in [-0.3, -0.25) is 4.79 Å². The monoisotopic (exact) mass is 375 g/mol. The van der Waals surface area contributed by atoms with E-state index in [0.29, 0.717) is 18.0 Å². The molecule has 0 N–H and O–H groups in total. The molecule has 4 nitrogen and oxygen atoms in total. The summed E-state index contributed by atoms with van der Waals surface area (Å²) in [5.74, 6) is 1.33. The molecule has 0 saturated heterocycles. The largest absolute Gasteiger partial charge is 0.493 e. The van der Waals surface area contributed by atoms with Crippen molar-refractivity contribution in [3.63, 3.8) is 0 Å². The van der Waals surface area contributed by atoms with Crippen LogP contribution in [0.5, 0.6) is 11.5 Å². The molecule has 0 spiro atoms.